The van der Waals surface area contributed by atoms with Crippen molar-refractivity contribution in [1.29, 1.82) is 0 Å². The molecule has 0 unspecified atom stereocenters. The molecule has 2 aromatic carbocycles. The lowest BCUT2D eigenvalue weighted by molar-refractivity contribution is 0.0950. The Kier molecular flexibility index (Phi) is 4.17. The first kappa shape index (κ1) is 13.6. The zero-order chi connectivity index (χ0) is 13.8. The highest BCUT2D eigenvalue weighted by atomic mass is 35.5. The minimum atomic E-state index is -0.415. The minimum Gasteiger partial charge on any atom is -0.348 e. The van der Waals surface area contributed by atoms with Gasteiger partial charge >= 0.3 is 0 Å². The van der Waals surface area contributed by atoms with E-state index in [2.05, 4.69) is 5.32 Å². The van der Waals surface area contributed by atoms with Gasteiger partial charge in [-0.3, -0.25) is 4.79 Å². The van der Waals surface area contributed by atoms with Crippen LogP contribution in [0.25, 0.3) is 0 Å². The Bertz CT molecular complexity index is 596. The van der Waals surface area contributed by atoms with Crippen LogP contribution in [0.5, 0.6) is 0 Å². The van der Waals surface area contributed by atoms with Crippen molar-refractivity contribution in [2.45, 2.75) is 13.5 Å². The lowest BCUT2D eigenvalue weighted by atomic mass is 10.1. The van der Waals surface area contributed by atoms with Gasteiger partial charge in [0, 0.05) is 17.1 Å². The number of aryl methyl sites for hydroxylation is 1. The molecular weight excluding hydrogens is 265 g/mol. The molecule has 19 heavy (non-hydrogen) atoms. The van der Waals surface area contributed by atoms with Crippen molar-refractivity contribution < 1.29 is 9.18 Å². The zero-order valence-electron chi connectivity index (χ0n) is 10.4. The largest absolute Gasteiger partial charge is 0.348 e. The van der Waals surface area contributed by atoms with Crippen LogP contribution in [0.4, 0.5) is 4.39 Å². The van der Waals surface area contributed by atoms with Crippen molar-refractivity contribution in [2.75, 3.05) is 0 Å². The maximum atomic E-state index is 13.1. The molecule has 0 heterocycles. The third kappa shape index (κ3) is 3.55. The number of hydrogen-bond donors (Lipinski definition) is 1. The number of nitrogens with one attached hydrogen (secondary N) is 1. The molecule has 0 spiro atoms. The average Bonchev–Trinajstić information content (AvgIpc) is 2.40. The molecule has 2 aromatic rings. The molecule has 0 aliphatic heterocycles. The molecule has 2 nitrogen and oxygen atoms in total. The van der Waals surface area contributed by atoms with Crippen LogP contribution in [-0.2, 0) is 6.54 Å². The lowest BCUT2D eigenvalue weighted by Crippen LogP contribution is -2.23. The van der Waals surface area contributed by atoms with Crippen molar-refractivity contribution in [3.05, 3.63) is 70.0 Å². The second-order valence-electron chi connectivity index (χ2n) is 4.27. The fourth-order valence-corrected chi connectivity index (χ4v) is 1.84. The first-order valence-electron chi connectivity index (χ1n) is 5.85. The van der Waals surface area contributed by atoms with E-state index in [9.17, 15) is 9.18 Å². The second kappa shape index (κ2) is 5.85. The average molecular weight is 278 g/mol. The van der Waals surface area contributed by atoms with E-state index in [0.717, 1.165) is 11.1 Å². The fourth-order valence-electron chi connectivity index (χ4n) is 1.72. The highest BCUT2D eigenvalue weighted by Gasteiger charge is 2.09. The van der Waals surface area contributed by atoms with E-state index < -0.39 is 5.82 Å². The summed E-state index contributed by atoms with van der Waals surface area (Å²) >= 11 is 5.78. The second-order valence-corrected chi connectivity index (χ2v) is 4.70. The van der Waals surface area contributed by atoms with E-state index in [1.165, 1.54) is 12.1 Å². The Morgan fingerprint density at radius 1 is 1.21 bits per heavy atom. The number of amides is 1. The monoisotopic (exact) mass is 277 g/mol. The van der Waals surface area contributed by atoms with Gasteiger partial charge in [0.25, 0.3) is 5.91 Å². The minimum absolute atomic E-state index is 0.285. The van der Waals surface area contributed by atoms with Gasteiger partial charge in [0.2, 0.25) is 0 Å². The van der Waals surface area contributed by atoms with Gasteiger partial charge in [-0.25, -0.2) is 4.39 Å². The van der Waals surface area contributed by atoms with Gasteiger partial charge < -0.3 is 5.32 Å². The van der Waals surface area contributed by atoms with E-state index in [1.54, 1.807) is 25.1 Å². The van der Waals surface area contributed by atoms with E-state index in [-0.39, 0.29) is 5.91 Å². The molecule has 4 heteroatoms. The van der Waals surface area contributed by atoms with Gasteiger partial charge in [-0.1, -0.05) is 29.8 Å². The van der Waals surface area contributed by atoms with Crippen LogP contribution < -0.4 is 5.32 Å². The Morgan fingerprint density at radius 3 is 2.58 bits per heavy atom. The van der Waals surface area contributed by atoms with Crippen LogP contribution in [0.2, 0.25) is 5.02 Å². The van der Waals surface area contributed by atoms with Crippen molar-refractivity contribution in [2.24, 2.45) is 0 Å². The van der Waals surface area contributed by atoms with E-state index in [4.69, 9.17) is 11.6 Å². The summed E-state index contributed by atoms with van der Waals surface area (Å²) in [7, 11) is 0. The molecule has 0 saturated carbocycles. The van der Waals surface area contributed by atoms with Crippen LogP contribution in [0.3, 0.4) is 0 Å². The fraction of sp³-hybridized carbons (Fsp3) is 0.133. The number of benzene rings is 2. The van der Waals surface area contributed by atoms with Gasteiger partial charge in [0.1, 0.15) is 5.82 Å². The maximum Gasteiger partial charge on any atom is 0.251 e. The summed E-state index contributed by atoms with van der Waals surface area (Å²) in [5, 5.41) is 3.40. The summed E-state index contributed by atoms with van der Waals surface area (Å²) in [4.78, 5) is 12.0. The van der Waals surface area contributed by atoms with Crippen LogP contribution in [0.15, 0.2) is 42.5 Å². The summed E-state index contributed by atoms with van der Waals surface area (Å²) in [5.41, 5.74) is 2.04. The third-order valence-electron chi connectivity index (χ3n) is 2.81. The molecule has 0 atom stereocenters. The summed E-state index contributed by atoms with van der Waals surface area (Å²) in [6.45, 7) is 2.16. The van der Waals surface area contributed by atoms with Gasteiger partial charge in [0.15, 0.2) is 0 Å². The highest BCUT2D eigenvalue weighted by Crippen LogP contribution is 2.12. The molecule has 0 saturated heterocycles. The van der Waals surface area contributed by atoms with Crippen molar-refractivity contribution >= 4 is 17.5 Å². The number of carbonyl (C=O) groups is 1. The molecular formula is C15H13ClFNO. The first-order chi connectivity index (χ1) is 9.06. The lowest BCUT2D eigenvalue weighted by Gasteiger charge is -2.08. The Hall–Kier alpha value is -1.87. The molecule has 0 aliphatic carbocycles. The van der Waals surface area contributed by atoms with Gasteiger partial charge in [0.05, 0.1) is 0 Å². The predicted octanol–water partition coefficient (Wildman–Crippen LogP) is 3.72. The summed E-state index contributed by atoms with van der Waals surface area (Å²) in [5.74, 6) is -0.700. The number of carbonyl (C=O) groups excluding carboxylic acids is 1. The van der Waals surface area contributed by atoms with Gasteiger partial charge in [-0.05, 0) is 42.3 Å². The number of halogens is 2. The zero-order valence-corrected chi connectivity index (χ0v) is 11.2. The van der Waals surface area contributed by atoms with Crippen LogP contribution in [-0.4, -0.2) is 5.91 Å². The third-order valence-corrected chi connectivity index (χ3v) is 3.06. The Labute approximate surface area is 116 Å². The van der Waals surface area contributed by atoms with Crippen LogP contribution >= 0.6 is 11.6 Å². The van der Waals surface area contributed by atoms with Crippen molar-refractivity contribution in [3.63, 3.8) is 0 Å². The Balaban J connectivity index is 2.05. The van der Waals surface area contributed by atoms with Crippen LogP contribution in [0.1, 0.15) is 21.5 Å². The maximum absolute atomic E-state index is 13.1. The van der Waals surface area contributed by atoms with Crippen LogP contribution in [0, 0.1) is 12.7 Å². The molecule has 98 valence electrons. The predicted molar refractivity (Wildman–Crippen MR) is 73.8 cm³/mol. The number of rotatable bonds is 3. The first-order valence-corrected chi connectivity index (χ1v) is 6.23. The Morgan fingerprint density at radius 2 is 1.89 bits per heavy atom. The topological polar surface area (TPSA) is 29.1 Å². The molecule has 1 N–H and O–H groups in total. The van der Waals surface area contributed by atoms with Gasteiger partial charge in [-0.15, -0.1) is 0 Å². The molecule has 0 radical (unpaired) electrons. The standard InChI is InChI=1S/C15H13ClFNO/c1-10-2-7-13(17)8-14(10)15(19)18-9-11-3-5-12(16)6-4-11/h2-8H,9H2,1H3,(H,18,19). The van der Waals surface area contributed by atoms with Gasteiger partial charge in [-0.2, -0.15) is 0 Å². The molecule has 2 rings (SSSR count). The highest BCUT2D eigenvalue weighted by molar-refractivity contribution is 6.30. The number of hydrogen-bond acceptors (Lipinski definition) is 1. The van der Waals surface area contributed by atoms with E-state index in [1.807, 2.05) is 12.1 Å². The van der Waals surface area contributed by atoms with E-state index >= 15 is 0 Å². The molecule has 0 bridgehead atoms. The SMILES string of the molecule is Cc1ccc(F)cc1C(=O)NCc1ccc(Cl)cc1. The van der Waals surface area contributed by atoms with Crippen molar-refractivity contribution in [3.8, 4) is 0 Å². The smallest absolute Gasteiger partial charge is 0.251 e. The molecule has 0 fully saturated rings. The van der Waals surface area contributed by atoms with E-state index in [0.29, 0.717) is 17.1 Å². The quantitative estimate of drug-likeness (QED) is 0.910. The molecule has 0 aromatic heterocycles. The summed E-state index contributed by atoms with van der Waals surface area (Å²) in [6.07, 6.45) is 0. The van der Waals surface area contributed by atoms with Crippen molar-refractivity contribution in [1.82, 2.24) is 5.32 Å². The normalized spacial score (nSPS) is 10.3. The summed E-state index contributed by atoms with van der Waals surface area (Å²) in [6, 6.07) is 11.4. The summed E-state index contributed by atoms with van der Waals surface area (Å²) < 4.78 is 13.1. The molecule has 1 amide bonds. The molecule has 0 aliphatic rings.